The highest BCUT2D eigenvalue weighted by molar-refractivity contribution is 6.30. The largest absolute Gasteiger partial charge is 0.483 e. The molecule has 0 fully saturated rings. The van der Waals surface area contributed by atoms with Crippen LogP contribution in [0.15, 0.2) is 65.1 Å². The number of anilines is 1. The van der Waals surface area contributed by atoms with E-state index in [4.69, 9.17) is 20.8 Å². The van der Waals surface area contributed by atoms with E-state index in [1.165, 1.54) is 5.56 Å². The molecule has 4 aromatic rings. The number of oxazole rings is 1. The van der Waals surface area contributed by atoms with Gasteiger partial charge in [-0.3, -0.25) is 4.79 Å². The van der Waals surface area contributed by atoms with Gasteiger partial charge in [-0.2, -0.15) is 0 Å². The topological polar surface area (TPSA) is 64.4 Å². The number of nitrogens with zero attached hydrogens (tertiary/aromatic N) is 1. The number of aryl methyl sites for hydroxylation is 1. The highest BCUT2D eigenvalue weighted by atomic mass is 35.5. The SMILES string of the molecule is CC[C@@H](C)c1ccc2oc(-c3ccc(NC(=O)COc4ccc(Cl)cc4C)cc3)nc2c1. The maximum Gasteiger partial charge on any atom is 0.262 e. The monoisotopic (exact) mass is 448 g/mol. The average Bonchev–Trinajstić information content (AvgIpc) is 3.22. The van der Waals surface area contributed by atoms with Gasteiger partial charge >= 0.3 is 0 Å². The standard InChI is InChI=1S/C26H25ClN2O3/c1-4-16(2)19-7-11-24-22(14-19)29-26(32-24)18-5-9-21(10-6-18)28-25(30)15-31-23-12-8-20(27)13-17(23)3/h5-14,16H,4,15H2,1-3H3,(H,28,30)/t16-/m1/s1. The summed E-state index contributed by atoms with van der Waals surface area (Å²) in [6.45, 7) is 6.17. The smallest absolute Gasteiger partial charge is 0.262 e. The molecule has 1 N–H and O–H groups in total. The van der Waals surface area contributed by atoms with Crippen LogP contribution in [0.5, 0.6) is 5.75 Å². The van der Waals surface area contributed by atoms with Gasteiger partial charge in [0.25, 0.3) is 5.91 Å². The van der Waals surface area contributed by atoms with E-state index in [1.807, 2.05) is 37.3 Å². The second-order valence-electron chi connectivity index (χ2n) is 7.88. The molecule has 4 rings (SSSR count). The van der Waals surface area contributed by atoms with E-state index >= 15 is 0 Å². The first-order valence-corrected chi connectivity index (χ1v) is 11.0. The van der Waals surface area contributed by atoms with Crippen molar-refractivity contribution in [1.82, 2.24) is 4.98 Å². The van der Waals surface area contributed by atoms with Gasteiger partial charge in [-0.15, -0.1) is 0 Å². The molecular weight excluding hydrogens is 424 g/mol. The molecular formula is C26H25ClN2O3. The first-order valence-electron chi connectivity index (χ1n) is 10.6. The Kier molecular flexibility index (Phi) is 6.47. The first kappa shape index (κ1) is 21.9. The summed E-state index contributed by atoms with van der Waals surface area (Å²) in [7, 11) is 0. The van der Waals surface area contributed by atoms with Gasteiger partial charge in [0, 0.05) is 16.3 Å². The molecule has 6 heteroatoms. The Hall–Kier alpha value is -3.31. The number of nitrogens with one attached hydrogen (secondary N) is 1. The molecule has 1 amide bonds. The number of amides is 1. The number of halogens is 1. The lowest BCUT2D eigenvalue weighted by Gasteiger charge is -2.10. The van der Waals surface area contributed by atoms with Crippen molar-refractivity contribution in [2.75, 3.05) is 11.9 Å². The number of hydrogen-bond donors (Lipinski definition) is 1. The molecule has 3 aromatic carbocycles. The summed E-state index contributed by atoms with van der Waals surface area (Å²) in [4.78, 5) is 16.9. The van der Waals surface area contributed by atoms with Gasteiger partial charge in [-0.25, -0.2) is 4.98 Å². The average molecular weight is 449 g/mol. The lowest BCUT2D eigenvalue weighted by molar-refractivity contribution is -0.118. The fraction of sp³-hybridized carbons (Fsp3) is 0.231. The number of carbonyl (C=O) groups is 1. The zero-order valence-corrected chi connectivity index (χ0v) is 19.1. The van der Waals surface area contributed by atoms with Gasteiger partial charge in [0.2, 0.25) is 5.89 Å². The van der Waals surface area contributed by atoms with Crippen LogP contribution in [0.4, 0.5) is 5.69 Å². The second kappa shape index (κ2) is 9.45. The molecule has 0 aliphatic rings. The van der Waals surface area contributed by atoms with Crippen LogP contribution in [-0.2, 0) is 4.79 Å². The molecule has 0 radical (unpaired) electrons. The van der Waals surface area contributed by atoms with Crippen LogP contribution < -0.4 is 10.1 Å². The zero-order valence-electron chi connectivity index (χ0n) is 18.3. The van der Waals surface area contributed by atoms with Crippen molar-refractivity contribution in [2.24, 2.45) is 0 Å². The molecule has 0 unspecified atom stereocenters. The second-order valence-corrected chi connectivity index (χ2v) is 8.32. The maximum atomic E-state index is 12.3. The molecule has 1 atom stereocenters. The third-order valence-corrected chi connectivity index (χ3v) is 5.74. The zero-order chi connectivity index (χ0) is 22.7. The molecule has 1 heterocycles. The number of aromatic nitrogens is 1. The third-order valence-electron chi connectivity index (χ3n) is 5.50. The third kappa shape index (κ3) is 4.94. The molecule has 0 aliphatic heterocycles. The summed E-state index contributed by atoms with van der Waals surface area (Å²) >= 11 is 5.95. The van der Waals surface area contributed by atoms with Crippen LogP contribution in [0, 0.1) is 6.92 Å². The van der Waals surface area contributed by atoms with E-state index in [-0.39, 0.29) is 12.5 Å². The van der Waals surface area contributed by atoms with Crippen molar-refractivity contribution in [3.63, 3.8) is 0 Å². The Morgan fingerprint density at radius 2 is 1.91 bits per heavy atom. The normalized spacial score (nSPS) is 12.0. The molecule has 0 saturated heterocycles. The highest BCUT2D eigenvalue weighted by Gasteiger charge is 2.12. The van der Waals surface area contributed by atoms with E-state index in [1.54, 1.807) is 18.2 Å². The van der Waals surface area contributed by atoms with Gasteiger partial charge in [0.15, 0.2) is 12.2 Å². The van der Waals surface area contributed by atoms with E-state index in [2.05, 4.69) is 36.3 Å². The molecule has 0 spiro atoms. The summed E-state index contributed by atoms with van der Waals surface area (Å²) < 4.78 is 11.5. The summed E-state index contributed by atoms with van der Waals surface area (Å²) in [5, 5.41) is 3.47. The quantitative estimate of drug-likeness (QED) is 0.331. The van der Waals surface area contributed by atoms with Gasteiger partial charge in [-0.05, 0) is 85.0 Å². The fourth-order valence-corrected chi connectivity index (χ4v) is 3.65. The maximum absolute atomic E-state index is 12.3. The summed E-state index contributed by atoms with van der Waals surface area (Å²) in [5.74, 6) is 1.43. The Morgan fingerprint density at radius 3 is 2.62 bits per heavy atom. The van der Waals surface area contributed by atoms with Crippen LogP contribution in [0.3, 0.4) is 0 Å². The first-order chi connectivity index (χ1) is 15.4. The lowest BCUT2D eigenvalue weighted by Crippen LogP contribution is -2.20. The van der Waals surface area contributed by atoms with Gasteiger partial charge in [-0.1, -0.05) is 31.5 Å². The molecule has 1 aromatic heterocycles. The van der Waals surface area contributed by atoms with E-state index in [0.717, 1.165) is 28.6 Å². The van der Waals surface area contributed by atoms with Crippen LogP contribution in [0.1, 0.15) is 37.3 Å². The van der Waals surface area contributed by atoms with Crippen LogP contribution in [0.2, 0.25) is 5.02 Å². The van der Waals surface area contributed by atoms with Crippen molar-refractivity contribution < 1.29 is 13.9 Å². The lowest BCUT2D eigenvalue weighted by atomic mass is 9.98. The minimum Gasteiger partial charge on any atom is -0.483 e. The number of ether oxygens (including phenoxy) is 1. The number of hydrogen-bond acceptors (Lipinski definition) is 4. The van der Waals surface area contributed by atoms with Crippen molar-refractivity contribution in [3.8, 4) is 17.2 Å². The van der Waals surface area contributed by atoms with Crippen molar-refractivity contribution in [3.05, 3.63) is 76.8 Å². The van der Waals surface area contributed by atoms with Crippen molar-refractivity contribution in [1.29, 1.82) is 0 Å². The Balaban J connectivity index is 1.41. The molecule has 164 valence electrons. The number of fused-ring (bicyclic) bond motifs is 1. The molecule has 0 aliphatic carbocycles. The Bertz CT molecular complexity index is 1250. The van der Waals surface area contributed by atoms with Crippen molar-refractivity contribution >= 4 is 34.3 Å². The molecule has 0 bridgehead atoms. The van der Waals surface area contributed by atoms with E-state index in [0.29, 0.717) is 28.3 Å². The van der Waals surface area contributed by atoms with Crippen LogP contribution >= 0.6 is 11.6 Å². The van der Waals surface area contributed by atoms with Crippen molar-refractivity contribution in [2.45, 2.75) is 33.1 Å². The van der Waals surface area contributed by atoms with Crippen LogP contribution in [0.25, 0.3) is 22.6 Å². The van der Waals surface area contributed by atoms with Gasteiger partial charge in [0.05, 0.1) is 0 Å². The molecule has 0 saturated carbocycles. The van der Waals surface area contributed by atoms with Gasteiger partial charge in [0.1, 0.15) is 11.3 Å². The number of carbonyl (C=O) groups excluding carboxylic acids is 1. The molecule has 5 nitrogen and oxygen atoms in total. The Morgan fingerprint density at radius 1 is 1.12 bits per heavy atom. The predicted molar refractivity (Wildman–Crippen MR) is 128 cm³/mol. The predicted octanol–water partition coefficient (Wildman–Crippen LogP) is 6.99. The fourth-order valence-electron chi connectivity index (χ4n) is 3.42. The van der Waals surface area contributed by atoms with Crippen LogP contribution in [-0.4, -0.2) is 17.5 Å². The highest BCUT2D eigenvalue weighted by Crippen LogP contribution is 2.28. The summed E-state index contributed by atoms with van der Waals surface area (Å²) in [6, 6.07) is 18.8. The van der Waals surface area contributed by atoms with E-state index < -0.39 is 0 Å². The molecule has 32 heavy (non-hydrogen) atoms. The minimum absolute atomic E-state index is 0.0894. The number of rotatable bonds is 7. The summed E-state index contributed by atoms with van der Waals surface area (Å²) in [6.07, 6.45) is 1.08. The Labute approximate surface area is 192 Å². The van der Waals surface area contributed by atoms with Gasteiger partial charge < -0.3 is 14.5 Å². The number of benzene rings is 3. The summed E-state index contributed by atoms with van der Waals surface area (Å²) in [5.41, 5.74) is 5.27. The minimum atomic E-state index is -0.244. The van der Waals surface area contributed by atoms with E-state index in [9.17, 15) is 4.79 Å².